The Bertz CT molecular complexity index is 469. The Balaban J connectivity index is 0.000000921. The molecule has 21 heavy (non-hydrogen) atoms. The van der Waals surface area contributed by atoms with Crippen molar-refractivity contribution in [3.05, 3.63) is 47.7 Å². The smallest absolute Gasteiger partial charge is 0.158 e. The van der Waals surface area contributed by atoms with Crippen molar-refractivity contribution in [3.63, 3.8) is 0 Å². The average molecular weight is 308 g/mol. The molecule has 118 valence electrons. The van der Waals surface area contributed by atoms with Gasteiger partial charge in [0.15, 0.2) is 5.17 Å². The number of nitrogens with zero attached hydrogens (tertiary/aromatic N) is 2. The molecule has 1 heterocycles. The molecule has 1 aliphatic rings. The normalized spacial score (nSPS) is 17.0. The fraction of sp³-hybridized carbons (Fsp3) is 0.471. The summed E-state index contributed by atoms with van der Waals surface area (Å²) in [7, 11) is 2.08. The zero-order chi connectivity index (χ0) is 16.4. The van der Waals surface area contributed by atoms with E-state index in [0.29, 0.717) is 5.17 Å². The average Bonchev–Trinajstić information content (AvgIpc) is 2.86. The summed E-state index contributed by atoms with van der Waals surface area (Å²) in [6.45, 7) is 13.0. The Labute approximate surface area is 134 Å². The van der Waals surface area contributed by atoms with E-state index in [1.54, 1.807) is 0 Å². The predicted octanol–water partition coefficient (Wildman–Crippen LogP) is 4.42. The third-order valence-corrected chi connectivity index (χ3v) is 3.50. The lowest BCUT2D eigenvalue weighted by Crippen LogP contribution is -2.18. The molecule has 3 nitrogen and oxygen atoms in total. The summed E-state index contributed by atoms with van der Waals surface area (Å²) in [6.07, 6.45) is 1.92. The Morgan fingerprint density at radius 3 is 2.43 bits per heavy atom. The number of likely N-dealkylation sites (N-methyl/N-ethyl adjacent to an activating group) is 1. The van der Waals surface area contributed by atoms with Crippen molar-refractivity contribution in [1.29, 1.82) is 0 Å². The molecule has 0 saturated carbocycles. The largest absolute Gasteiger partial charge is 0.378 e. The molecule has 4 heteroatoms. The highest BCUT2D eigenvalue weighted by molar-refractivity contribution is 8.13. The summed E-state index contributed by atoms with van der Waals surface area (Å²) in [5.74, 6) is 0. The van der Waals surface area contributed by atoms with Gasteiger partial charge in [-0.15, -0.1) is 0 Å². The molecule has 1 aliphatic heterocycles. The van der Waals surface area contributed by atoms with Crippen molar-refractivity contribution in [2.75, 3.05) is 13.3 Å². The molecular weight excluding hydrogens is 278 g/mol. The third kappa shape index (κ3) is 5.21. The molecule has 0 amide bonds. The van der Waals surface area contributed by atoms with E-state index in [-0.39, 0.29) is 6.04 Å². The Hall–Kier alpha value is -1.26. The summed E-state index contributed by atoms with van der Waals surface area (Å²) in [6, 6.07) is 8.56. The summed E-state index contributed by atoms with van der Waals surface area (Å²) in [5, 5.41) is 0.563. The van der Waals surface area contributed by atoms with Crippen LogP contribution in [0.4, 0.5) is 0 Å². The molecule has 2 N–H and O–H groups in total. The van der Waals surface area contributed by atoms with Crippen LogP contribution in [-0.2, 0) is 6.54 Å². The van der Waals surface area contributed by atoms with E-state index in [2.05, 4.69) is 47.8 Å². The van der Waals surface area contributed by atoms with Crippen LogP contribution in [0.2, 0.25) is 0 Å². The Kier molecular flexibility index (Phi) is 9.84. The highest BCUT2D eigenvalue weighted by Crippen LogP contribution is 2.37. The quantitative estimate of drug-likeness (QED) is 0.649. The number of aliphatic imine (C=N–C) groups is 1. The van der Waals surface area contributed by atoms with E-state index >= 15 is 0 Å². The molecule has 2 rings (SSSR count). The van der Waals surface area contributed by atoms with Crippen LogP contribution in [0, 0.1) is 0 Å². The highest BCUT2D eigenvalue weighted by Gasteiger charge is 2.29. The predicted molar refractivity (Wildman–Crippen MR) is 97.6 cm³/mol. The second-order valence-corrected chi connectivity index (χ2v) is 4.99. The van der Waals surface area contributed by atoms with Crippen LogP contribution < -0.4 is 5.73 Å². The molecule has 0 aliphatic carbocycles. The maximum Gasteiger partial charge on any atom is 0.158 e. The SMILES string of the molecule is C=C(N=C(N)SC)C1c2ccccc2CN1C.CC.CC. The summed E-state index contributed by atoms with van der Waals surface area (Å²) >= 11 is 1.44. The van der Waals surface area contributed by atoms with Gasteiger partial charge in [0.25, 0.3) is 0 Å². The van der Waals surface area contributed by atoms with Crippen LogP contribution in [0.3, 0.4) is 0 Å². The van der Waals surface area contributed by atoms with Gasteiger partial charge in [-0.05, 0) is 24.4 Å². The first-order chi connectivity index (χ1) is 10.1. The number of nitrogens with two attached hydrogens (primary N) is 1. The van der Waals surface area contributed by atoms with Crippen molar-refractivity contribution < 1.29 is 0 Å². The minimum absolute atomic E-state index is 0.150. The van der Waals surface area contributed by atoms with E-state index in [1.165, 1.54) is 22.9 Å². The topological polar surface area (TPSA) is 41.6 Å². The minimum Gasteiger partial charge on any atom is -0.378 e. The fourth-order valence-electron chi connectivity index (χ4n) is 2.22. The molecular formula is C17H29N3S. The number of hydrogen-bond acceptors (Lipinski definition) is 3. The number of amidine groups is 1. The number of rotatable bonds is 2. The Morgan fingerprint density at radius 1 is 1.29 bits per heavy atom. The van der Waals surface area contributed by atoms with E-state index in [0.717, 1.165) is 12.2 Å². The molecule has 0 radical (unpaired) electrons. The van der Waals surface area contributed by atoms with Crippen molar-refractivity contribution in [2.45, 2.75) is 40.3 Å². The van der Waals surface area contributed by atoms with Crippen LogP contribution in [0.25, 0.3) is 0 Å². The maximum absolute atomic E-state index is 5.74. The van der Waals surface area contributed by atoms with Gasteiger partial charge in [0.2, 0.25) is 0 Å². The maximum atomic E-state index is 5.74. The highest BCUT2D eigenvalue weighted by atomic mass is 32.2. The number of thioether (sulfide) groups is 1. The van der Waals surface area contributed by atoms with Gasteiger partial charge in [0.1, 0.15) is 0 Å². The monoisotopic (exact) mass is 307 g/mol. The first-order valence-electron chi connectivity index (χ1n) is 7.48. The van der Waals surface area contributed by atoms with Gasteiger partial charge in [-0.25, -0.2) is 4.99 Å². The van der Waals surface area contributed by atoms with Crippen molar-refractivity contribution >= 4 is 16.9 Å². The summed E-state index contributed by atoms with van der Waals surface area (Å²) in [4.78, 5) is 6.59. The second-order valence-electron chi connectivity index (χ2n) is 4.16. The fourth-order valence-corrected chi connectivity index (χ4v) is 2.43. The lowest BCUT2D eigenvalue weighted by molar-refractivity contribution is 0.299. The van der Waals surface area contributed by atoms with Crippen molar-refractivity contribution in [1.82, 2.24) is 4.90 Å². The molecule has 0 saturated heterocycles. The van der Waals surface area contributed by atoms with E-state index < -0.39 is 0 Å². The van der Waals surface area contributed by atoms with Crippen LogP contribution in [0.15, 0.2) is 41.5 Å². The molecule has 1 aromatic rings. The van der Waals surface area contributed by atoms with Gasteiger partial charge in [-0.3, -0.25) is 4.90 Å². The molecule has 0 fully saturated rings. The van der Waals surface area contributed by atoms with Crippen LogP contribution in [0.1, 0.15) is 44.9 Å². The number of benzene rings is 1. The lowest BCUT2D eigenvalue weighted by Gasteiger charge is -2.20. The van der Waals surface area contributed by atoms with E-state index in [9.17, 15) is 0 Å². The molecule has 0 bridgehead atoms. The minimum atomic E-state index is 0.150. The van der Waals surface area contributed by atoms with E-state index in [1.807, 2.05) is 34.0 Å². The van der Waals surface area contributed by atoms with E-state index in [4.69, 9.17) is 5.73 Å². The van der Waals surface area contributed by atoms with Gasteiger partial charge in [0, 0.05) is 6.54 Å². The van der Waals surface area contributed by atoms with Gasteiger partial charge in [-0.2, -0.15) is 0 Å². The molecule has 0 spiro atoms. The van der Waals surface area contributed by atoms with Gasteiger partial charge in [-0.1, -0.05) is 70.3 Å². The standard InChI is InChI=1S/C13H17N3S.2C2H6/c1-9(15-13(14)17-3)12-11-7-5-4-6-10(11)8-16(12)2;2*1-2/h4-7,12H,1,8H2,2-3H3,(H2,14,15);2*1-2H3. The van der Waals surface area contributed by atoms with Crippen LogP contribution in [-0.4, -0.2) is 23.4 Å². The van der Waals surface area contributed by atoms with Gasteiger partial charge in [0.05, 0.1) is 11.7 Å². The molecule has 1 atom stereocenters. The molecule has 1 unspecified atom stereocenters. The van der Waals surface area contributed by atoms with Crippen LogP contribution >= 0.6 is 11.8 Å². The number of fused-ring (bicyclic) bond motifs is 1. The molecule has 0 aromatic heterocycles. The van der Waals surface area contributed by atoms with Crippen LogP contribution in [0.5, 0.6) is 0 Å². The second kappa shape index (κ2) is 10.5. The van der Waals surface area contributed by atoms with Crippen molar-refractivity contribution in [3.8, 4) is 0 Å². The zero-order valence-electron chi connectivity index (χ0n) is 14.2. The van der Waals surface area contributed by atoms with Gasteiger partial charge >= 0.3 is 0 Å². The first kappa shape index (κ1) is 19.7. The summed E-state index contributed by atoms with van der Waals surface area (Å²) in [5.41, 5.74) is 9.19. The third-order valence-electron chi connectivity index (χ3n) is 2.99. The zero-order valence-corrected chi connectivity index (χ0v) is 15.0. The summed E-state index contributed by atoms with van der Waals surface area (Å²) < 4.78 is 0. The molecule has 1 aromatic carbocycles. The first-order valence-corrected chi connectivity index (χ1v) is 8.71. The lowest BCUT2D eigenvalue weighted by atomic mass is 10.0. The van der Waals surface area contributed by atoms with Gasteiger partial charge < -0.3 is 5.73 Å². The number of hydrogen-bond donors (Lipinski definition) is 1. The Morgan fingerprint density at radius 2 is 1.86 bits per heavy atom. The van der Waals surface area contributed by atoms with Crippen molar-refractivity contribution in [2.24, 2.45) is 10.7 Å².